The van der Waals surface area contributed by atoms with E-state index in [2.05, 4.69) is 24.5 Å². The summed E-state index contributed by atoms with van der Waals surface area (Å²) in [5, 5.41) is 8.15. The summed E-state index contributed by atoms with van der Waals surface area (Å²) in [6.45, 7) is 5.03. The fraction of sp³-hybridized carbons (Fsp3) is 0.643. The van der Waals surface area contributed by atoms with Gasteiger partial charge in [-0.3, -0.25) is 4.79 Å². The first kappa shape index (κ1) is 16.5. The van der Waals surface area contributed by atoms with Crippen LogP contribution in [-0.4, -0.2) is 25.5 Å². The van der Waals surface area contributed by atoms with Crippen molar-refractivity contribution in [3.05, 3.63) is 21.4 Å². The summed E-state index contributed by atoms with van der Waals surface area (Å²) in [5.74, 6) is 0.848. The van der Waals surface area contributed by atoms with Crippen LogP contribution in [-0.2, 0) is 12.8 Å². The fourth-order valence-electron chi connectivity index (χ4n) is 2.31. The van der Waals surface area contributed by atoms with E-state index >= 15 is 0 Å². The molecule has 0 saturated carbocycles. The molecule has 1 aromatic rings. The van der Waals surface area contributed by atoms with E-state index in [1.807, 2.05) is 12.4 Å². The number of carbonyl (C=O) groups excluding carboxylic acids is 1. The molecule has 1 aliphatic carbocycles. The third-order valence-corrected chi connectivity index (χ3v) is 4.76. The first-order chi connectivity index (χ1) is 8.61. The topological polar surface area (TPSA) is 41.1 Å². The second-order valence-electron chi connectivity index (χ2n) is 5.30. The predicted octanol–water partition coefficient (Wildman–Crippen LogP) is 2.63. The number of fused-ring (bicyclic) bond motifs is 1. The lowest BCUT2D eigenvalue weighted by atomic mass is 9.88. The van der Waals surface area contributed by atoms with Crippen molar-refractivity contribution in [1.29, 1.82) is 0 Å². The lowest BCUT2D eigenvalue weighted by Crippen LogP contribution is -2.37. The van der Waals surface area contributed by atoms with Crippen LogP contribution in [0.1, 0.15) is 41.1 Å². The molecule has 3 nitrogen and oxygen atoms in total. The third-order valence-electron chi connectivity index (χ3n) is 3.71. The van der Waals surface area contributed by atoms with Crippen LogP contribution in [0.3, 0.4) is 0 Å². The number of hydrogen-bond acceptors (Lipinski definition) is 3. The molecular formula is C14H23ClN2OS. The van der Waals surface area contributed by atoms with Gasteiger partial charge in [0, 0.05) is 22.8 Å². The molecule has 0 saturated heterocycles. The SMILES string of the molecule is CNC(C)CNC(=O)c1csc2c1CCC(C)C2.Cl. The van der Waals surface area contributed by atoms with Gasteiger partial charge in [-0.15, -0.1) is 23.7 Å². The van der Waals surface area contributed by atoms with Gasteiger partial charge in [-0.2, -0.15) is 0 Å². The van der Waals surface area contributed by atoms with Crippen molar-refractivity contribution >= 4 is 29.7 Å². The van der Waals surface area contributed by atoms with Crippen molar-refractivity contribution in [2.75, 3.05) is 13.6 Å². The number of amides is 1. The van der Waals surface area contributed by atoms with Crippen LogP contribution in [0.5, 0.6) is 0 Å². The lowest BCUT2D eigenvalue weighted by molar-refractivity contribution is 0.0949. The quantitative estimate of drug-likeness (QED) is 0.898. The van der Waals surface area contributed by atoms with Crippen molar-refractivity contribution in [2.45, 2.75) is 39.2 Å². The smallest absolute Gasteiger partial charge is 0.252 e. The van der Waals surface area contributed by atoms with Crippen LogP contribution in [0.25, 0.3) is 0 Å². The molecule has 2 N–H and O–H groups in total. The van der Waals surface area contributed by atoms with E-state index in [1.165, 1.54) is 16.9 Å². The second kappa shape index (κ2) is 7.27. The van der Waals surface area contributed by atoms with Gasteiger partial charge in [-0.1, -0.05) is 6.92 Å². The van der Waals surface area contributed by atoms with E-state index in [4.69, 9.17) is 0 Å². The highest BCUT2D eigenvalue weighted by Gasteiger charge is 2.23. The summed E-state index contributed by atoms with van der Waals surface area (Å²) in [6.07, 6.45) is 3.40. The molecular weight excluding hydrogens is 280 g/mol. The summed E-state index contributed by atoms with van der Waals surface area (Å²) >= 11 is 1.75. The number of rotatable bonds is 4. The summed E-state index contributed by atoms with van der Waals surface area (Å²) < 4.78 is 0. The maximum atomic E-state index is 12.1. The zero-order valence-electron chi connectivity index (χ0n) is 11.8. The number of thiophene rings is 1. The molecule has 2 rings (SSSR count). The molecule has 0 bridgehead atoms. The standard InChI is InChI=1S/C14H22N2OS.ClH/c1-9-4-5-11-12(8-18-13(11)6-9)14(17)16-7-10(2)15-3;/h8-10,15H,4-7H2,1-3H3,(H,16,17);1H. The Balaban J connectivity index is 0.00000180. The zero-order chi connectivity index (χ0) is 13.1. The Hall–Kier alpha value is -0.580. The minimum Gasteiger partial charge on any atom is -0.350 e. The summed E-state index contributed by atoms with van der Waals surface area (Å²) in [6, 6.07) is 0.309. The highest BCUT2D eigenvalue weighted by atomic mass is 35.5. The third kappa shape index (κ3) is 3.94. The minimum absolute atomic E-state index is 0. The van der Waals surface area contributed by atoms with Crippen molar-refractivity contribution in [1.82, 2.24) is 10.6 Å². The highest BCUT2D eigenvalue weighted by molar-refractivity contribution is 7.10. The minimum atomic E-state index is 0. The first-order valence-electron chi connectivity index (χ1n) is 6.66. The van der Waals surface area contributed by atoms with Crippen LogP contribution >= 0.6 is 23.7 Å². The van der Waals surface area contributed by atoms with Gasteiger partial charge < -0.3 is 10.6 Å². The van der Waals surface area contributed by atoms with Gasteiger partial charge in [0.15, 0.2) is 0 Å². The summed E-state index contributed by atoms with van der Waals surface area (Å²) in [4.78, 5) is 13.6. The molecule has 0 aromatic carbocycles. The molecule has 108 valence electrons. The number of halogens is 1. The van der Waals surface area contributed by atoms with E-state index in [9.17, 15) is 4.79 Å². The first-order valence-corrected chi connectivity index (χ1v) is 7.54. The number of carbonyl (C=O) groups is 1. The lowest BCUT2D eigenvalue weighted by Gasteiger charge is -2.19. The van der Waals surface area contributed by atoms with E-state index in [0.717, 1.165) is 24.3 Å². The monoisotopic (exact) mass is 302 g/mol. The Morgan fingerprint density at radius 1 is 1.58 bits per heavy atom. The Morgan fingerprint density at radius 3 is 3.00 bits per heavy atom. The predicted molar refractivity (Wildman–Crippen MR) is 83.6 cm³/mol. The van der Waals surface area contributed by atoms with Gasteiger partial charge in [-0.05, 0) is 44.7 Å². The highest BCUT2D eigenvalue weighted by Crippen LogP contribution is 2.32. The Kier molecular flexibility index (Phi) is 6.30. The molecule has 0 spiro atoms. The van der Waals surface area contributed by atoms with E-state index in [-0.39, 0.29) is 18.3 Å². The van der Waals surface area contributed by atoms with Crippen LogP contribution < -0.4 is 10.6 Å². The van der Waals surface area contributed by atoms with Gasteiger partial charge in [-0.25, -0.2) is 0 Å². The van der Waals surface area contributed by atoms with Crippen molar-refractivity contribution in [2.24, 2.45) is 5.92 Å². The molecule has 1 heterocycles. The summed E-state index contributed by atoms with van der Waals surface area (Å²) in [5.41, 5.74) is 2.21. The molecule has 2 unspecified atom stereocenters. The van der Waals surface area contributed by atoms with Gasteiger partial charge in [0.05, 0.1) is 5.56 Å². The van der Waals surface area contributed by atoms with E-state index < -0.39 is 0 Å². The normalized spacial score (nSPS) is 19.2. The fourth-order valence-corrected chi connectivity index (χ4v) is 3.56. The van der Waals surface area contributed by atoms with Crippen LogP contribution in [0, 0.1) is 5.92 Å². The summed E-state index contributed by atoms with van der Waals surface area (Å²) in [7, 11) is 1.91. The molecule has 1 amide bonds. The molecule has 19 heavy (non-hydrogen) atoms. The maximum Gasteiger partial charge on any atom is 0.252 e. The zero-order valence-corrected chi connectivity index (χ0v) is 13.4. The molecule has 1 aliphatic rings. The van der Waals surface area contributed by atoms with Crippen molar-refractivity contribution in [3.8, 4) is 0 Å². The molecule has 0 fully saturated rings. The Bertz CT molecular complexity index is 433. The molecule has 5 heteroatoms. The van der Waals surface area contributed by atoms with Crippen molar-refractivity contribution in [3.63, 3.8) is 0 Å². The average molecular weight is 303 g/mol. The number of hydrogen-bond donors (Lipinski definition) is 2. The van der Waals surface area contributed by atoms with Gasteiger partial charge in [0.1, 0.15) is 0 Å². The van der Waals surface area contributed by atoms with Crippen LogP contribution in [0.4, 0.5) is 0 Å². The Labute approximate surface area is 125 Å². The van der Waals surface area contributed by atoms with E-state index in [0.29, 0.717) is 12.6 Å². The molecule has 0 radical (unpaired) electrons. The molecule has 2 atom stereocenters. The largest absolute Gasteiger partial charge is 0.350 e. The molecule has 0 aliphatic heterocycles. The van der Waals surface area contributed by atoms with Gasteiger partial charge in [0.25, 0.3) is 5.91 Å². The number of likely N-dealkylation sites (N-methyl/N-ethyl adjacent to an activating group) is 1. The van der Waals surface area contributed by atoms with Gasteiger partial charge in [0.2, 0.25) is 0 Å². The number of nitrogens with one attached hydrogen (secondary N) is 2. The second-order valence-corrected chi connectivity index (χ2v) is 6.26. The van der Waals surface area contributed by atoms with E-state index in [1.54, 1.807) is 11.3 Å². The molecule has 1 aromatic heterocycles. The maximum absolute atomic E-state index is 12.1. The Morgan fingerprint density at radius 2 is 2.32 bits per heavy atom. The van der Waals surface area contributed by atoms with Crippen molar-refractivity contribution < 1.29 is 4.79 Å². The van der Waals surface area contributed by atoms with Crippen LogP contribution in [0.15, 0.2) is 5.38 Å². The van der Waals surface area contributed by atoms with Crippen LogP contribution in [0.2, 0.25) is 0 Å². The van der Waals surface area contributed by atoms with Gasteiger partial charge >= 0.3 is 0 Å². The average Bonchev–Trinajstić information content (AvgIpc) is 2.78.